The molecule has 0 saturated heterocycles. The van der Waals surface area contributed by atoms with Gasteiger partial charge in [-0.3, -0.25) is 14.9 Å². The SMILES string of the molecule is C[C@H](c1cccc([N+](=O)[O-])c1)N(C)S(=O)(=O)c1ccc(-n2ncc(Cl)c(Cl)c2=O)cc1. The Bertz CT molecular complexity index is 1310. The summed E-state index contributed by atoms with van der Waals surface area (Å²) in [5.74, 6) is 0. The van der Waals surface area contributed by atoms with Gasteiger partial charge in [0.2, 0.25) is 10.0 Å². The van der Waals surface area contributed by atoms with Crippen LogP contribution in [-0.4, -0.2) is 34.5 Å². The number of non-ortho nitro benzene ring substituents is 1. The molecule has 0 fully saturated rings. The van der Waals surface area contributed by atoms with Crippen LogP contribution >= 0.6 is 23.2 Å². The summed E-state index contributed by atoms with van der Waals surface area (Å²) >= 11 is 11.6. The number of benzene rings is 2. The van der Waals surface area contributed by atoms with Crippen molar-refractivity contribution in [1.29, 1.82) is 0 Å². The summed E-state index contributed by atoms with van der Waals surface area (Å²) in [7, 11) is -2.55. The molecule has 31 heavy (non-hydrogen) atoms. The molecule has 162 valence electrons. The highest BCUT2D eigenvalue weighted by molar-refractivity contribution is 7.89. The van der Waals surface area contributed by atoms with E-state index in [1.54, 1.807) is 13.0 Å². The van der Waals surface area contributed by atoms with Crippen LogP contribution in [0.25, 0.3) is 5.69 Å². The van der Waals surface area contributed by atoms with E-state index >= 15 is 0 Å². The third-order valence-electron chi connectivity index (χ3n) is 4.74. The van der Waals surface area contributed by atoms with Crippen LogP contribution in [0.1, 0.15) is 18.5 Å². The third-order valence-corrected chi connectivity index (χ3v) is 7.43. The number of rotatable bonds is 6. The van der Waals surface area contributed by atoms with E-state index in [-0.39, 0.29) is 20.6 Å². The molecule has 9 nitrogen and oxygen atoms in total. The second-order valence-electron chi connectivity index (χ2n) is 6.57. The number of hydrogen-bond donors (Lipinski definition) is 0. The first-order valence-electron chi connectivity index (χ1n) is 8.80. The van der Waals surface area contributed by atoms with Gasteiger partial charge in [0.15, 0.2) is 0 Å². The summed E-state index contributed by atoms with van der Waals surface area (Å²) in [6, 6.07) is 10.6. The molecule has 1 atom stereocenters. The van der Waals surface area contributed by atoms with Gasteiger partial charge in [-0.25, -0.2) is 8.42 Å². The second kappa shape index (κ2) is 8.75. The molecule has 0 radical (unpaired) electrons. The van der Waals surface area contributed by atoms with Crippen LogP contribution in [0.4, 0.5) is 5.69 Å². The van der Waals surface area contributed by atoms with Crippen LogP contribution in [0.3, 0.4) is 0 Å². The minimum Gasteiger partial charge on any atom is -0.266 e. The Balaban J connectivity index is 1.91. The van der Waals surface area contributed by atoms with Crippen molar-refractivity contribution in [2.45, 2.75) is 17.9 Å². The van der Waals surface area contributed by atoms with Crippen molar-refractivity contribution in [1.82, 2.24) is 14.1 Å². The second-order valence-corrected chi connectivity index (χ2v) is 9.35. The van der Waals surface area contributed by atoms with Gasteiger partial charge in [0.05, 0.1) is 26.7 Å². The fraction of sp³-hybridized carbons (Fsp3) is 0.158. The minimum atomic E-state index is -3.93. The van der Waals surface area contributed by atoms with Crippen molar-refractivity contribution in [3.8, 4) is 5.69 Å². The Hall–Kier alpha value is -2.79. The average Bonchev–Trinajstić information content (AvgIpc) is 2.76. The highest BCUT2D eigenvalue weighted by Crippen LogP contribution is 2.28. The Morgan fingerprint density at radius 3 is 2.42 bits per heavy atom. The summed E-state index contributed by atoms with van der Waals surface area (Å²) in [5, 5.41) is 14.7. The molecule has 0 saturated carbocycles. The van der Waals surface area contributed by atoms with Crippen molar-refractivity contribution in [2.24, 2.45) is 0 Å². The number of nitro groups is 1. The molecule has 1 aromatic heterocycles. The van der Waals surface area contributed by atoms with Gasteiger partial charge in [0, 0.05) is 25.2 Å². The van der Waals surface area contributed by atoms with E-state index in [4.69, 9.17) is 23.2 Å². The van der Waals surface area contributed by atoms with Crippen molar-refractivity contribution >= 4 is 38.9 Å². The first kappa shape index (κ1) is 22.9. The van der Waals surface area contributed by atoms with Crippen molar-refractivity contribution in [3.63, 3.8) is 0 Å². The van der Waals surface area contributed by atoms with E-state index in [9.17, 15) is 23.3 Å². The Labute approximate surface area is 187 Å². The summed E-state index contributed by atoms with van der Waals surface area (Å²) in [5.41, 5.74) is 0.0145. The molecular formula is C19H16Cl2N4O5S. The number of hydrogen-bond acceptors (Lipinski definition) is 6. The smallest absolute Gasteiger partial charge is 0.266 e. The summed E-state index contributed by atoms with van der Waals surface area (Å²) in [4.78, 5) is 22.7. The minimum absolute atomic E-state index is 0.0128. The zero-order valence-electron chi connectivity index (χ0n) is 16.3. The van der Waals surface area contributed by atoms with Crippen LogP contribution in [0.5, 0.6) is 0 Å². The summed E-state index contributed by atoms with van der Waals surface area (Å²) < 4.78 is 28.2. The lowest BCUT2D eigenvalue weighted by atomic mass is 10.1. The predicted octanol–water partition coefficient (Wildman–Crippen LogP) is 3.83. The van der Waals surface area contributed by atoms with Crippen LogP contribution < -0.4 is 5.56 Å². The van der Waals surface area contributed by atoms with Gasteiger partial charge < -0.3 is 0 Å². The van der Waals surface area contributed by atoms with Gasteiger partial charge >= 0.3 is 0 Å². The molecule has 0 amide bonds. The molecule has 0 bridgehead atoms. The number of halogens is 2. The zero-order valence-corrected chi connectivity index (χ0v) is 18.6. The predicted molar refractivity (Wildman–Crippen MR) is 116 cm³/mol. The van der Waals surface area contributed by atoms with E-state index in [1.165, 1.54) is 55.7 Å². The van der Waals surface area contributed by atoms with E-state index in [0.717, 1.165) is 8.99 Å². The summed E-state index contributed by atoms with van der Waals surface area (Å²) in [6.07, 6.45) is 1.21. The van der Waals surface area contributed by atoms with Crippen LogP contribution in [-0.2, 0) is 10.0 Å². The number of nitro benzene ring substituents is 1. The maximum Gasteiger partial charge on any atom is 0.291 e. The first-order valence-corrected chi connectivity index (χ1v) is 11.0. The molecule has 0 N–H and O–H groups in total. The fourth-order valence-electron chi connectivity index (χ4n) is 2.84. The molecule has 0 aliphatic heterocycles. The van der Waals surface area contributed by atoms with Crippen molar-refractivity contribution in [3.05, 3.63) is 90.8 Å². The standard InChI is InChI=1S/C19H16Cl2N4O5S/c1-12(13-4-3-5-15(10-13)25(27)28)23(2)31(29,30)16-8-6-14(7-9-16)24-19(26)18(21)17(20)11-22-24/h3-12H,1-2H3/t12-/m1/s1. The zero-order chi connectivity index (χ0) is 22.9. The highest BCUT2D eigenvalue weighted by Gasteiger charge is 2.27. The molecule has 3 aromatic rings. The van der Waals surface area contributed by atoms with Crippen LogP contribution in [0.2, 0.25) is 10.0 Å². The van der Waals surface area contributed by atoms with E-state index in [2.05, 4.69) is 5.10 Å². The van der Waals surface area contributed by atoms with Gasteiger partial charge in [-0.05, 0) is 36.8 Å². The molecule has 3 rings (SSSR count). The average molecular weight is 483 g/mol. The lowest BCUT2D eigenvalue weighted by Crippen LogP contribution is -2.30. The molecule has 12 heteroatoms. The monoisotopic (exact) mass is 482 g/mol. The van der Waals surface area contributed by atoms with Gasteiger partial charge in [-0.1, -0.05) is 35.3 Å². The number of aromatic nitrogens is 2. The fourth-order valence-corrected chi connectivity index (χ4v) is 4.44. The van der Waals surface area contributed by atoms with E-state index in [1.807, 2.05) is 0 Å². The molecule has 1 heterocycles. The maximum absolute atomic E-state index is 13.0. The molecule has 0 unspecified atom stereocenters. The molecule has 0 aliphatic rings. The largest absolute Gasteiger partial charge is 0.291 e. The van der Waals surface area contributed by atoms with Crippen molar-refractivity contribution < 1.29 is 13.3 Å². The highest BCUT2D eigenvalue weighted by atomic mass is 35.5. The Morgan fingerprint density at radius 1 is 1.16 bits per heavy atom. The Morgan fingerprint density at radius 2 is 1.81 bits per heavy atom. The third kappa shape index (κ3) is 4.47. The normalized spacial score (nSPS) is 12.7. The number of sulfonamides is 1. The number of nitrogens with zero attached hydrogens (tertiary/aromatic N) is 4. The van der Waals surface area contributed by atoms with Gasteiger partial charge in [0.25, 0.3) is 11.2 Å². The van der Waals surface area contributed by atoms with Gasteiger partial charge in [-0.2, -0.15) is 14.1 Å². The van der Waals surface area contributed by atoms with Crippen molar-refractivity contribution in [2.75, 3.05) is 7.05 Å². The van der Waals surface area contributed by atoms with Crippen LogP contribution in [0, 0.1) is 10.1 Å². The van der Waals surface area contributed by atoms with Crippen LogP contribution in [0.15, 0.2) is 64.4 Å². The van der Waals surface area contributed by atoms with E-state index in [0.29, 0.717) is 11.3 Å². The lowest BCUT2D eigenvalue weighted by molar-refractivity contribution is -0.384. The van der Waals surface area contributed by atoms with E-state index < -0.39 is 26.5 Å². The molecule has 2 aromatic carbocycles. The Kier molecular flexibility index (Phi) is 6.46. The first-order chi connectivity index (χ1) is 14.5. The topological polar surface area (TPSA) is 115 Å². The quantitative estimate of drug-likeness (QED) is 0.389. The van der Waals surface area contributed by atoms with Gasteiger partial charge in [-0.15, -0.1) is 0 Å². The maximum atomic E-state index is 13.0. The van der Waals surface area contributed by atoms with Gasteiger partial charge in [0.1, 0.15) is 5.02 Å². The summed E-state index contributed by atoms with van der Waals surface area (Å²) in [6.45, 7) is 1.63. The molecule has 0 spiro atoms. The molecule has 0 aliphatic carbocycles. The molecular weight excluding hydrogens is 467 g/mol. The lowest BCUT2D eigenvalue weighted by Gasteiger charge is -2.24.